The van der Waals surface area contributed by atoms with E-state index < -0.39 is 0 Å². The molecular formula is C19H24N2O2. The highest BCUT2D eigenvalue weighted by molar-refractivity contribution is 5.77. The average molecular weight is 312 g/mol. The number of carbonyl (C=O) groups excluding carboxylic acids is 1. The number of ether oxygens (including phenoxy) is 1. The summed E-state index contributed by atoms with van der Waals surface area (Å²) in [6.07, 6.45) is 0. The van der Waals surface area contributed by atoms with Gasteiger partial charge in [0.25, 0.3) is 5.91 Å². The van der Waals surface area contributed by atoms with Crippen molar-refractivity contribution >= 4 is 11.6 Å². The summed E-state index contributed by atoms with van der Waals surface area (Å²) < 4.78 is 5.57. The summed E-state index contributed by atoms with van der Waals surface area (Å²) in [5.74, 6) is 0.651. The van der Waals surface area contributed by atoms with Gasteiger partial charge in [0, 0.05) is 25.8 Å². The molecule has 0 aliphatic rings. The van der Waals surface area contributed by atoms with Crippen LogP contribution in [-0.4, -0.2) is 32.7 Å². The molecule has 0 spiro atoms. The molecule has 0 unspecified atom stereocenters. The van der Waals surface area contributed by atoms with Gasteiger partial charge in [-0.25, -0.2) is 0 Å². The monoisotopic (exact) mass is 312 g/mol. The minimum Gasteiger partial charge on any atom is -0.484 e. The molecule has 1 amide bonds. The summed E-state index contributed by atoms with van der Waals surface area (Å²) in [6.45, 7) is 5.39. The number of hydrogen-bond acceptors (Lipinski definition) is 3. The molecule has 122 valence electrons. The number of carbonyl (C=O) groups is 1. The first-order valence-electron chi connectivity index (χ1n) is 7.79. The highest BCUT2D eigenvalue weighted by atomic mass is 16.5. The fourth-order valence-electron chi connectivity index (χ4n) is 2.33. The quantitative estimate of drug-likeness (QED) is 0.854. The maximum absolute atomic E-state index is 11.9. The predicted molar refractivity (Wildman–Crippen MR) is 94.1 cm³/mol. The normalized spacial score (nSPS) is 10.2. The van der Waals surface area contributed by atoms with E-state index in [0.717, 1.165) is 23.5 Å². The smallest absolute Gasteiger partial charge is 0.258 e. The van der Waals surface area contributed by atoms with Gasteiger partial charge in [-0.1, -0.05) is 35.9 Å². The molecule has 0 heterocycles. The number of rotatable bonds is 7. The Bertz CT molecular complexity index is 641. The zero-order chi connectivity index (χ0) is 16.7. The van der Waals surface area contributed by atoms with E-state index in [4.69, 9.17) is 4.74 Å². The molecular weight excluding hydrogens is 288 g/mol. The fourth-order valence-corrected chi connectivity index (χ4v) is 2.33. The zero-order valence-corrected chi connectivity index (χ0v) is 14.0. The molecule has 2 rings (SSSR count). The Balaban J connectivity index is 1.71. The molecule has 2 aromatic rings. The van der Waals surface area contributed by atoms with Crippen molar-refractivity contribution in [3.8, 4) is 5.75 Å². The number of anilines is 1. The van der Waals surface area contributed by atoms with Crippen LogP contribution in [0.2, 0.25) is 0 Å². The van der Waals surface area contributed by atoms with E-state index in [2.05, 4.69) is 10.2 Å². The molecule has 0 aliphatic carbocycles. The van der Waals surface area contributed by atoms with Crippen molar-refractivity contribution in [2.75, 3.05) is 31.6 Å². The standard InChI is InChI=1S/C19H24N2O2/c1-15-9-10-18(16(2)13-15)23-14-19(22)20-11-12-21(3)17-7-5-4-6-8-17/h4-10,13H,11-12,14H2,1-3H3,(H,20,22). The zero-order valence-electron chi connectivity index (χ0n) is 14.0. The van der Waals surface area contributed by atoms with Crippen molar-refractivity contribution in [1.29, 1.82) is 0 Å². The molecule has 4 heteroatoms. The highest BCUT2D eigenvalue weighted by Crippen LogP contribution is 2.18. The van der Waals surface area contributed by atoms with E-state index in [1.807, 2.05) is 69.4 Å². The molecule has 0 radical (unpaired) electrons. The summed E-state index contributed by atoms with van der Waals surface area (Å²) in [6, 6.07) is 16.0. The Morgan fingerprint density at radius 1 is 1.13 bits per heavy atom. The fraction of sp³-hybridized carbons (Fsp3) is 0.316. The number of nitrogens with zero attached hydrogens (tertiary/aromatic N) is 1. The SMILES string of the molecule is Cc1ccc(OCC(=O)NCCN(C)c2ccccc2)c(C)c1. The van der Waals surface area contributed by atoms with Gasteiger partial charge in [-0.15, -0.1) is 0 Å². The number of benzene rings is 2. The number of para-hydroxylation sites is 1. The third-order valence-electron chi connectivity index (χ3n) is 3.66. The number of amides is 1. The van der Waals surface area contributed by atoms with Gasteiger partial charge in [0.15, 0.2) is 6.61 Å². The second-order valence-electron chi connectivity index (χ2n) is 5.66. The van der Waals surface area contributed by atoms with E-state index in [-0.39, 0.29) is 12.5 Å². The van der Waals surface area contributed by atoms with Crippen LogP contribution < -0.4 is 15.0 Å². The summed E-state index contributed by atoms with van der Waals surface area (Å²) in [4.78, 5) is 14.0. The number of hydrogen-bond donors (Lipinski definition) is 1. The average Bonchev–Trinajstić information content (AvgIpc) is 2.54. The molecule has 4 nitrogen and oxygen atoms in total. The molecule has 23 heavy (non-hydrogen) atoms. The molecule has 0 aromatic heterocycles. The molecule has 0 aliphatic heterocycles. The van der Waals surface area contributed by atoms with E-state index >= 15 is 0 Å². The largest absolute Gasteiger partial charge is 0.484 e. The minimum absolute atomic E-state index is 0.0406. The van der Waals surface area contributed by atoms with Gasteiger partial charge >= 0.3 is 0 Å². The molecule has 0 atom stereocenters. The Kier molecular flexibility index (Phi) is 6.03. The van der Waals surface area contributed by atoms with Crippen LogP contribution in [0.15, 0.2) is 48.5 Å². The van der Waals surface area contributed by atoms with E-state index in [0.29, 0.717) is 6.54 Å². The van der Waals surface area contributed by atoms with Crippen LogP contribution >= 0.6 is 0 Å². The second kappa shape index (κ2) is 8.22. The first-order valence-corrected chi connectivity index (χ1v) is 7.79. The van der Waals surface area contributed by atoms with Crippen molar-refractivity contribution in [3.05, 3.63) is 59.7 Å². The van der Waals surface area contributed by atoms with Crippen LogP contribution in [0, 0.1) is 13.8 Å². The molecule has 0 fully saturated rings. The number of nitrogens with one attached hydrogen (secondary N) is 1. The van der Waals surface area contributed by atoms with Crippen LogP contribution in [-0.2, 0) is 4.79 Å². The highest BCUT2D eigenvalue weighted by Gasteiger charge is 2.06. The first-order chi connectivity index (χ1) is 11.1. The summed E-state index contributed by atoms with van der Waals surface area (Å²) in [5.41, 5.74) is 3.36. The van der Waals surface area contributed by atoms with Crippen LogP contribution in [0.5, 0.6) is 5.75 Å². The molecule has 0 bridgehead atoms. The van der Waals surface area contributed by atoms with Crippen LogP contribution in [0.1, 0.15) is 11.1 Å². The van der Waals surface area contributed by atoms with E-state index in [1.165, 1.54) is 5.56 Å². The summed E-state index contributed by atoms with van der Waals surface area (Å²) >= 11 is 0. The Labute approximate surface area is 138 Å². The van der Waals surface area contributed by atoms with Crippen LogP contribution in [0.25, 0.3) is 0 Å². The van der Waals surface area contributed by atoms with Crippen LogP contribution in [0.3, 0.4) is 0 Å². The van der Waals surface area contributed by atoms with Gasteiger partial charge in [-0.05, 0) is 37.6 Å². The van der Waals surface area contributed by atoms with E-state index in [1.54, 1.807) is 0 Å². The summed E-state index contributed by atoms with van der Waals surface area (Å²) in [7, 11) is 2.01. The lowest BCUT2D eigenvalue weighted by molar-refractivity contribution is -0.123. The minimum atomic E-state index is -0.105. The lowest BCUT2D eigenvalue weighted by Gasteiger charge is -2.19. The first kappa shape index (κ1) is 16.9. The number of aryl methyl sites for hydroxylation is 2. The maximum Gasteiger partial charge on any atom is 0.258 e. The van der Waals surface area contributed by atoms with Crippen molar-refractivity contribution in [1.82, 2.24) is 5.32 Å². The summed E-state index contributed by atoms with van der Waals surface area (Å²) in [5, 5.41) is 2.88. The van der Waals surface area contributed by atoms with Gasteiger partial charge in [0.05, 0.1) is 0 Å². The molecule has 0 saturated carbocycles. The third-order valence-corrected chi connectivity index (χ3v) is 3.66. The van der Waals surface area contributed by atoms with Gasteiger partial charge in [-0.2, -0.15) is 0 Å². The van der Waals surface area contributed by atoms with Crippen molar-refractivity contribution in [2.45, 2.75) is 13.8 Å². The van der Waals surface area contributed by atoms with Crippen molar-refractivity contribution < 1.29 is 9.53 Å². The van der Waals surface area contributed by atoms with Crippen molar-refractivity contribution in [2.24, 2.45) is 0 Å². The molecule has 0 saturated heterocycles. The molecule has 1 N–H and O–H groups in total. The van der Waals surface area contributed by atoms with Gasteiger partial charge < -0.3 is 15.0 Å². The Morgan fingerprint density at radius 3 is 2.57 bits per heavy atom. The third kappa shape index (κ3) is 5.33. The Hall–Kier alpha value is -2.49. The van der Waals surface area contributed by atoms with Gasteiger partial charge in [0.1, 0.15) is 5.75 Å². The second-order valence-corrected chi connectivity index (χ2v) is 5.66. The Morgan fingerprint density at radius 2 is 1.87 bits per heavy atom. The van der Waals surface area contributed by atoms with Crippen molar-refractivity contribution in [3.63, 3.8) is 0 Å². The molecule has 2 aromatic carbocycles. The lowest BCUT2D eigenvalue weighted by atomic mass is 10.1. The van der Waals surface area contributed by atoms with Gasteiger partial charge in [-0.3, -0.25) is 4.79 Å². The predicted octanol–water partition coefficient (Wildman–Crippen LogP) is 2.93. The number of likely N-dealkylation sites (N-methyl/N-ethyl adjacent to an activating group) is 1. The lowest BCUT2D eigenvalue weighted by Crippen LogP contribution is -2.35. The van der Waals surface area contributed by atoms with Gasteiger partial charge in [0.2, 0.25) is 0 Å². The topological polar surface area (TPSA) is 41.6 Å². The van der Waals surface area contributed by atoms with E-state index in [9.17, 15) is 4.79 Å². The maximum atomic E-state index is 11.9. The van der Waals surface area contributed by atoms with Crippen LogP contribution in [0.4, 0.5) is 5.69 Å².